The van der Waals surface area contributed by atoms with Crippen LogP contribution < -0.4 is 5.32 Å². The van der Waals surface area contributed by atoms with E-state index in [0.717, 1.165) is 25.9 Å². The number of pyridine rings is 1. The third-order valence-corrected chi connectivity index (χ3v) is 5.02. The molecule has 0 aliphatic carbocycles. The number of piperazine rings is 1. The van der Waals surface area contributed by atoms with Crippen LogP contribution in [0.2, 0.25) is 0 Å². The molecule has 8 nitrogen and oxygen atoms in total. The van der Waals surface area contributed by atoms with Gasteiger partial charge >= 0.3 is 5.97 Å². The van der Waals surface area contributed by atoms with E-state index in [1.165, 1.54) is 13.3 Å². The lowest BCUT2D eigenvalue weighted by molar-refractivity contribution is -0.157. The minimum atomic E-state index is -0.767. The summed E-state index contributed by atoms with van der Waals surface area (Å²) in [7, 11) is 1.30. The van der Waals surface area contributed by atoms with Crippen LogP contribution in [-0.2, 0) is 14.3 Å². The molecule has 0 spiro atoms. The molecular formula is C18H24N4O4. The highest BCUT2D eigenvalue weighted by atomic mass is 16.5. The van der Waals surface area contributed by atoms with Gasteiger partial charge in [-0.05, 0) is 38.1 Å². The van der Waals surface area contributed by atoms with Crippen LogP contribution in [0.4, 0.5) is 0 Å². The van der Waals surface area contributed by atoms with Crippen molar-refractivity contribution in [3.63, 3.8) is 0 Å². The van der Waals surface area contributed by atoms with Crippen LogP contribution >= 0.6 is 0 Å². The average molecular weight is 360 g/mol. The van der Waals surface area contributed by atoms with Crippen molar-refractivity contribution in [3.8, 4) is 0 Å². The van der Waals surface area contributed by atoms with Crippen molar-refractivity contribution in [3.05, 3.63) is 30.1 Å². The number of methoxy groups -OCH3 is 1. The van der Waals surface area contributed by atoms with Crippen LogP contribution in [0.3, 0.4) is 0 Å². The van der Waals surface area contributed by atoms with Gasteiger partial charge < -0.3 is 19.9 Å². The van der Waals surface area contributed by atoms with Crippen molar-refractivity contribution in [2.75, 3.05) is 39.8 Å². The van der Waals surface area contributed by atoms with Crippen LogP contribution in [0.25, 0.3) is 0 Å². The Kier molecular flexibility index (Phi) is 5.82. The van der Waals surface area contributed by atoms with Gasteiger partial charge in [-0.1, -0.05) is 0 Å². The summed E-state index contributed by atoms with van der Waals surface area (Å²) in [5, 5.41) is 3.24. The number of amides is 2. The van der Waals surface area contributed by atoms with Crippen molar-refractivity contribution in [1.29, 1.82) is 0 Å². The van der Waals surface area contributed by atoms with Crippen LogP contribution in [-0.4, -0.2) is 78.4 Å². The van der Waals surface area contributed by atoms with Crippen molar-refractivity contribution in [2.45, 2.75) is 18.9 Å². The second-order valence-electron chi connectivity index (χ2n) is 6.59. The molecular weight excluding hydrogens is 336 g/mol. The Morgan fingerprint density at radius 1 is 1.23 bits per heavy atom. The van der Waals surface area contributed by atoms with Gasteiger partial charge in [0.15, 0.2) is 0 Å². The van der Waals surface area contributed by atoms with Gasteiger partial charge in [0.25, 0.3) is 5.91 Å². The monoisotopic (exact) mass is 360 g/mol. The predicted molar refractivity (Wildman–Crippen MR) is 93.3 cm³/mol. The Morgan fingerprint density at radius 2 is 2.00 bits per heavy atom. The topological polar surface area (TPSA) is 91.8 Å². The maximum atomic E-state index is 12.9. The number of aromatic nitrogens is 1. The standard InChI is InChI=1S/C18H24N4O4/c1-26-18(25)15-12-21(16(23)14-3-2-6-20-11-14)9-10-22(15)17(24)13-4-7-19-8-5-13/h2-3,6,11,13,15,19H,4-5,7-10,12H2,1H3. The lowest BCUT2D eigenvalue weighted by Gasteiger charge is -2.41. The molecule has 2 aliphatic rings. The Balaban J connectivity index is 1.74. The molecule has 0 saturated carbocycles. The second kappa shape index (κ2) is 8.27. The van der Waals surface area contributed by atoms with Gasteiger partial charge in [0.1, 0.15) is 6.04 Å². The third-order valence-electron chi connectivity index (χ3n) is 5.02. The molecule has 3 rings (SSSR count). The zero-order valence-corrected chi connectivity index (χ0v) is 14.9. The van der Waals surface area contributed by atoms with E-state index in [1.54, 1.807) is 28.1 Å². The molecule has 3 heterocycles. The van der Waals surface area contributed by atoms with Crippen LogP contribution in [0.5, 0.6) is 0 Å². The number of nitrogens with zero attached hydrogens (tertiary/aromatic N) is 3. The van der Waals surface area contributed by atoms with Gasteiger partial charge in [0.2, 0.25) is 5.91 Å². The molecule has 26 heavy (non-hydrogen) atoms. The SMILES string of the molecule is COC(=O)C1CN(C(=O)c2cccnc2)CCN1C(=O)C1CCNCC1. The van der Waals surface area contributed by atoms with E-state index in [-0.39, 0.29) is 24.3 Å². The molecule has 1 atom stereocenters. The van der Waals surface area contributed by atoms with E-state index in [4.69, 9.17) is 4.74 Å². The molecule has 2 saturated heterocycles. The number of hydrogen-bond donors (Lipinski definition) is 1. The molecule has 2 aliphatic heterocycles. The smallest absolute Gasteiger partial charge is 0.330 e. The molecule has 2 amide bonds. The van der Waals surface area contributed by atoms with E-state index >= 15 is 0 Å². The number of nitrogens with one attached hydrogen (secondary N) is 1. The van der Waals surface area contributed by atoms with E-state index in [9.17, 15) is 14.4 Å². The minimum absolute atomic E-state index is 0.0182. The Morgan fingerprint density at radius 3 is 2.65 bits per heavy atom. The first-order valence-corrected chi connectivity index (χ1v) is 8.90. The number of esters is 1. The van der Waals surface area contributed by atoms with Gasteiger partial charge in [-0.2, -0.15) is 0 Å². The largest absolute Gasteiger partial charge is 0.467 e. The quantitative estimate of drug-likeness (QED) is 0.758. The fourth-order valence-corrected chi connectivity index (χ4v) is 3.54. The Labute approximate surface area is 152 Å². The van der Waals surface area contributed by atoms with E-state index in [0.29, 0.717) is 18.7 Å². The lowest BCUT2D eigenvalue weighted by atomic mass is 9.95. The maximum absolute atomic E-state index is 12.9. The molecule has 1 aromatic rings. The van der Waals surface area contributed by atoms with Crippen LogP contribution in [0.1, 0.15) is 23.2 Å². The number of ether oxygens (including phenoxy) is 1. The summed E-state index contributed by atoms with van der Waals surface area (Å²) in [6.07, 6.45) is 4.63. The highest BCUT2D eigenvalue weighted by Crippen LogP contribution is 2.21. The fraction of sp³-hybridized carbons (Fsp3) is 0.556. The summed E-state index contributed by atoms with van der Waals surface area (Å²) in [6.45, 7) is 2.46. The molecule has 0 bridgehead atoms. The molecule has 1 aromatic heterocycles. The predicted octanol–water partition coefficient (Wildman–Crippen LogP) is -0.0928. The molecule has 0 radical (unpaired) electrons. The zero-order valence-electron chi connectivity index (χ0n) is 14.9. The molecule has 2 fully saturated rings. The van der Waals surface area contributed by atoms with Crippen LogP contribution in [0, 0.1) is 5.92 Å². The zero-order chi connectivity index (χ0) is 18.5. The summed E-state index contributed by atoms with van der Waals surface area (Å²) >= 11 is 0. The second-order valence-corrected chi connectivity index (χ2v) is 6.59. The molecule has 0 aromatic carbocycles. The molecule has 1 unspecified atom stereocenters. The maximum Gasteiger partial charge on any atom is 0.330 e. The summed E-state index contributed by atoms with van der Waals surface area (Å²) in [5.74, 6) is -0.781. The fourth-order valence-electron chi connectivity index (χ4n) is 3.54. The van der Waals surface area contributed by atoms with Crippen molar-refractivity contribution < 1.29 is 19.1 Å². The van der Waals surface area contributed by atoms with E-state index in [1.807, 2.05) is 0 Å². The lowest BCUT2D eigenvalue weighted by Crippen LogP contribution is -2.61. The highest BCUT2D eigenvalue weighted by Gasteiger charge is 2.40. The molecule has 1 N–H and O–H groups in total. The van der Waals surface area contributed by atoms with Gasteiger partial charge in [-0.25, -0.2) is 4.79 Å². The van der Waals surface area contributed by atoms with Crippen LogP contribution in [0.15, 0.2) is 24.5 Å². The normalized spacial score (nSPS) is 21.3. The van der Waals surface area contributed by atoms with Gasteiger partial charge in [-0.3, -0.25) is 14.6 Å². The first-order chi connectivity index (χ1) is 12.6. The number of carbonyl (C=O) groups excluding carboxylic acids is 3. The number of hydrogen-bond acceptors (Lipinski definition) is 6. The number of piperidine rings is 1. The summed E-state index contributed by atoms with van der Waals surface area (Å²) in [5.41, 5.74) is 0.467. The molecule has 8 heteroatoms. The third kappa shape index (κ3) is 3.85. The average Bonchev–Trinajstić information content (AvgIpc) is 2.73. The van der Waals surface area contributed by atoms with Crippen molar-refractivity contribution in [1.82, 2.24) is 20.1 Å². The number of rotatable bonds is 3. The van der Waals surface area contributed by atoms with Crippen molar-refractivity contribution >= 4 is 17.8 Å². The van der Waals surface area contributed by atoms with Gasteiger partial charge in [-0.15, -0.1) is 0 Å². The van der Waals surface area contributed by atoms with Gasteiger partial charge in [0, 0.05) is 31.4 Å². The van der Waals surface area contributed by atoms with E-state index in [2.05, 4.69) is 10.3 Å². The summed E-state index contributed by atoms with van der Waals surface area (Å²) in [6, 6.07) is 2.62. The Hall–Kier alpha value is -2.48. The first kappa shape index (κ1) is 18.3. The highest BCUT2D eigenvalue weighted by molar-refractivity contribution is 5.95. The van der Waals surface area contributed by atoms with E-state index < -0.39 is 12.0 Å². The molecule has 140 valence electrons. The number of carbonyl (C=O) groups is 3. The Bertz CT molecular complexity index is 660. The minimum Gasteiger partial charge on any atom is -0.467 e. The first-order valence-electron chi connectivity index (χ1n) is 8.90. The summed E-state index contributed by atoms with van der Waals surface area (Å²) < 4.78 is 4.90. The summed E-state index contributed by atoms with van der Waals surface area (Å²) in [4.78, 5) is 45.0. The van der Waals surface area contributed by atoms with Crippen molar-refractivity contribution in [2.24, 2.45) is 5.92 Å². The van der Waals surface area contributed by atoms with Gasteiger partial charge in [0.05, 0.1) is 19.2 Å².